The monoisotopic (exact) mass is 333 g/mol. The highest BCUT2D eigenvalue weighted by atomic mass is 35.5. The van der Waals surface area contributed by atoms with Crippen molar-refractivity contribution in [1.29, 1.82) is 0 Å². The van der Waals surface area contributed by atoms with E-state index < -0.39 is 5.63 Å². The topological polar surface area (TPSA) is 59.3 Å². The van der Waals surface area contributed by atoms with E-state index in [-0.39, 0.29) is 17.5 Å². The molecule has 4 nitrogen and oxygen atoms in total. The minimum absolute atomic E-state index is 0.0434. The summed E-state index contributed by atoms with van der Waals surface area (Å²) in [6.45, 7) is 0. The molecule has 0 bridgehead atoms. The summed E-state index contributed by atoms with van der Waals surface area (Å²) in [5, 5.41) is 4.01. The van der Waals surface area contributed by atoms with Crippen LogP contribution in [0.25, 0.3) is 11.0 Å². The van der Waals surface area contributed by atoms with E-state index in [1.807, 2.05) is 0 Å². The first kappa shape index (κ1) is 16.1. The normalized spacial score (nSPS) is 16.7. The van der Waals surface area contributed by atoms with Crippen molar-refractivity contribution in [2.75, 3.05) is 0 Å². The highest BCUT2D eigenvalue weighted by molar-refractivity contribution is 6.34. The van der Waals surface area contributed by atoms with E-state index >= 15 is 0 Å². The van der Waals surface area contributed by atoms with Gasteiger partial charge in [-0.25, -0.2) is 4.79 Å². The first-order valence-electron chi connectivity index (χ1n) is 8.18. The van der Waals surface area contributed by atoms with E-state index in [0.29, 0.717) is 16.0 Å². The molecule has 1 fully saturated rings. The van der Waals surface area contributed by atoms with Gasteiger partial charge in [-0.15, -0.1) is 0 Å². The average molecular weight is 334 g/mol. The van der Waals surface area contributed by atoms with Crippen molar-refractivity contribution in [2.24, 2.45) is 0 Å². The van der Waals surface area contributed by atoms with Gasteiger partial charge in [-0.3, -0.25) is 4.79 Å². The Morgan fingerprint density at radius 2 is 1.83 bits per heavy atom. The highest BCUT2D eigenvalue weighted by Gasteiger charge is 2.19. The lowest BCUT2D eigenvalue weighted by atomic mass is 9.96. The zero-order valence-corrected chi connectivity index (χ0v) is 13.7. The molecule has 0 spiro atoms. The van der Waals surface area contributed by atoms with E-state index in [0.717, 1.165) is 25.7 Å². The molecule has 1 aliphatic rings. The summed E-state index contributed by atoms with van der Waals surface area (Å²) < 4.78 is 5.23. The van der Waals surface area contributed by atoms with E-state index in [4.69, 9.17) is 16.0 Å². The van der Waals surface area contributed by atoms with Gasteiger partial charge in [-0.1, -0.05) is 55.8 Å². The molecule has 1 aromatic heterocycles. The maximum atomic E-state index is 12.5. The first-order chi connectivity index (χ1) is 11.1. The average Bonchev–Trinajstić information content (AvgIpc) is 2.50. The van der Waals surface area contributed by atoms with Gasteiger partial charge in [-0.05, 0) is 25.0 Å². The van der Waals surface area contributed by atoms with Crippen LogP contribution in [0.15, 0.2) is 33.5 Å². The van der Waals surface area contributed by atoms with Gasteiger partial charge >= 0.3 is 5.63 Å². The van der Waals surface area contributed by atoms with E-state index in [2.05, 4.69) is 5.32 Å². The number of carbonyl (C=O) groups is 1. The predicted octanol–water partition coefficient (Wildman–Crippen LogP) is 4.29. The fourth-order valence-electron chi connectivity index (χ4n) is 3.13. The zero-order valence-electron chi connectivity index (χ0n) is 12.9. The van der Waals surface area contributed by atoms with Gasteiger partial charge in [0.15, 0.2) is 5.58 Å². The smallest absolute Gasteiger partial charge is 0.349 e. The van der Waals surface area contributed by atoms with E-state index in [1.54, 1.807) is 24.3 Å². The predicted molar refractivity (Wildman–Crippen MR) is 91.1 cm³/mol. The highest BCUT2D eigenvalue weighted by Crippen LogP contribution is 2.22. The third-order valence-electron chi connectivity index (χ3n) is 4.40. The summed E-state index contributed by atoms with van der Waals surface area (Å²) in [6, 6.07) is 6.89. The fraction of sp³-hybridized carbons (Fsp3) is 0.444. The van der Waals surface area contributed by atoms with Crippen molar-refractivity contribution in [2.45, 2.75) is 51.0 Å². The quantitative estimate of drug-likeness (QED) is 0.834. The lowest BCUT2D eigenvalue weighted by Gasteiger charge is -2.20. The molecule has 1 aromatic carbocycles. The molecule has 5 heteroatoms. The zero-order chi connectivity index (χ0) is 16.2. The Morgan fingerprint density at radius 1 is 1.13 bits per heavy atom. The van der Waals surface area contributed by atoms with Crippen LogP contribution in [0.4, 0.5) is 0 Å². The van der Waals surface area contributed by atoms with Gasteiger partial charge in [0.1, 0.15) is 5.56 Å². The summed E-state index contributed by atoms with van der Waals surface area (Å²) in [4.78, 5) is 24.6. The van der Waals surface area contributed by atoms with Crippen LogP contribution in [-0.2, 0) is 0 Å². The van der Waals surface area contributed by atoms with Crippen LogP contribution < -0.4 is 10.9 Å². The maximum Gasteiger partial charge on any atom is 0.349 e. The molecule has 0 radical (unpaired) electrons. The molecular weight excluding hydrogens is 314 g/mol. The van der Waals surface area contributed by atoms with E-state index in [9.17, 15) is 9.59 Å². The molecule has 2 aromatic rings. The molecule has 1 N–H and O–H groups in total. The number of amides is 1. The number of para-hydroxylation sites is 1. The lowest BCUT2D eigenvalue weighted by Crippen LogP contribution is -2.37. The number of halogens is 1. The van der Waals surface area contributed by atoms with Crippen LogP contribution in [-0.4, -0.2) is 11.9 Å². The fourth-order valence-corrected chi connectivity index (χ4v) is 3.35. The number of benzene rings is 1. The molecule has 3 rings (SSSR count). The number of rotatable bonds is 2. The van der Waals surface area contributed by atoms with Gasteiger partial charge in [0.05, 0.1) is 5.02 Å². The second kappa shape index (κ2) is 7.18. The van der Waals surface area contributed by atoms with Crippen molar-refractivity contribution < 1.29 is 9.21 Å². The Kier molecular flexibility index (Phi) is 5.01. The van der Waals surface area contributed by atoms with Gasteiger partial charge in [0.2, 0.25) is 0 Å². The largest absolute Gasteiger partial charge is 0.421 e. The Bertz CT molecular complexity index is 760. The molecule has 0 saturated heterocycles. The number of hydrogen-bond donors (Lipinski definition) is 1. The molecule has 122 valence electrons. The standard InChI is InChI=1S/C18H20ClNO3/c19-15-10-6-7-12-11-14(18(22)23-16(12)15)17(21)20-13-8-4-2-1-3-5-9-13/h6-7,10-11,13H,1-5,8-9H2,(H,20,21). The summed E-state index contributed by atoms with van der Waals surface area (Å²) in [5.41, 5.74) is -0.280. The first-order valence-corrected chi connectivity index (χ1v) is 8.56. The van der Waals surface area contributed by atoms with Gasteiger partial charge in [0, 0.05) is 11.4 Å². The van der Waals surface area contributed by atoms with Crippen LogP contribution in [0.1, 0.15) is 55.3 Å². The maximum absolute atomic E-state index is 12.5. The molecule has 0 aliphatic heterocycles. The Balaban J connectivity index is 1.82. The van der Waals surface area contributed by atoms with Crippen LogP contribution in [0.2, 0.25) is 5.02 Å². The molecule has 1 saturated carbocycles. The minimum Gasteiger partial charge on any atom is -0.421 e. The van der Waals surface area contributed by atoms with Crippen molar-refractivity contribution >= 4 is 28.5 Å². The van der Waals surface area contributed by atoms with Crippen molar-refractivity contribution in [1.82, 2.24) is 5.32 Å². The van der Waals surface area contributed by atoms with Crippen LogP contribution in [0.3, 0.4) is 0 Å². The van der Waals surface area contributed by atoms with Crippen LogP contribution in [0.5, 0.6) is 0 Å². The van der Waals surface area contributed by atoms with Gasteiger partial charge in [0.25, 0.3) is 5.91 Å². The van der Waals surface area contributed by atoms with Crippen LogP contribution in [0, 0.1) is 0 Å². The Labute approximate surface area is 139 Å². The lowest BCUT2D eigenvalue weighted by molar-refractivity contribution is 0.0927. The molecular formula is C18H20ClNO3. The van der Waals surface area contributed by atoms with E-state index in [1.165, 1.54) is 19.3 Å². The number of fused-ring (bicyclic) bond motifs is 1. The molecule has 0 atom stereocenters. The summed E-state index contributed by atoms with van der Waals surface area (Å²) in [7, 11) is 0. The number of hydrogen-bond acceptors (Lipinski definition) is 3. The van der Waals surface area contributed by atoms with Crippen molar-refractivity contribution in [3.8, 4) is 0 Å². The summed E-state index contributed by atoms with van der Waals surface area (Å²) in [5.74, 6) is -0.355. The van der Waals surface area contributed by atoms with Gasteiger partial charge < -0.3 is 9.73 Å². The Hall–Kier alpha value is -1.81. The Morgan fingerprint density at radius 3 is 2.57 bits per heavy atom. The minimum atomic E-state index is -0.644. The third kappa shape index (κ3) is 3.75. The molecule has 1 amide bonds. The molecule has 1 heterocycles. The summed E-state index contributed by atoms with van der Waals surface area (Å²) >= 11 is 6.02. The SMILES string of the molecule is O=C(NC1CCCCCCC1)c1cc2cccc(Cl)c2oc1=O. The molecule has 0 unspecified atom stereocenters. The van der Waals surface area contributed by atoms with Crippen molar-refractivity contribution in [3.05, 3.63) is 45.3 Å². The second-order valence-corrected chi connectivity index (χ2v) is 6.53. The van der Waals surface area contributed by atoms with Gasteiger partial charge in [-0.2, -0.15) is 0 Å². The third-order valence-corrected chi connectivity index (χ3v) is 4.69. The summed E-state index contributed by atoms with van der Waals surface area (Å²) in [6.07, 6.45) is 7.87. The number of nitrogens with one attached hydrogen (secondary N) is 1. The van der Waals surface area contributed by atoms with Crippen molar-refractivity contribution in [3.63, 3.8) is 0 Å². The van der Waals surface area contributed by atoms with Crippen LogP contribution >= 0.6 is 11.6 Å². The molecule has 23 heavy (non-hydrogen) atoms. The number of carbonyl (C=O) groups excluding carboxylic acids is 1. The second-order valence-electron chi connectivity index (χ2n) is 6.12. The molecule has 1 aliphatic carbocycles.